The molecule has 0 aromatic carbocycles. The molecule has 0 aliphatic heterocycles. The van der Waals surface area contributed by atoms with Gasteiger partial charge in [0.25, 0.3) is 0 Å². The zero-order valence-electron chi connectivity index (χ0n) is 13.4. The molecule has 0 aromatic rings. The summed E-state index contributed by atoms with van der Waals surface area (Å²) in [6, 6.07) is 0.00756. The number of amides is 2. The second kappa shape index (κ2) is 10.7. The third kappa shape index (κ3) is 11.7. The quantitative estimate of drug-likeness (QED) is 0.278. The van der Waals surface area contributed by atoms with Crippen LogP contribution in [0.15, 0.2) is 0 Å². The molecule has 9 heteroatoms. The Bertz CT molecular complexity index is 388. The van der Waals surface area contributed by atoms with Crippen LogP contribution in [0.5, 0.6) is 0 Å². The molecule has 0 unspecified atom stereocenters. The van der Waals surface area contributed by atoms with E-state index in [1.54, 1.807) is 0 Å². The van der Waals surface area contributed by atoms with E-state index >= 15 is 0 Å². The van der Waals surface area contributed by atoms with Crippen LogP contribution in [0.3, 0.4) is 0 Å². The molecule has 0 aliphatic rings. The summed E-state index contributed by atoms with van der Waals surface area (Å²) in [6.45, 7) is 7.21. The van der Waals surface area contributed by atoms with E-state index in [9.17, 15) is 14.4 Å². The molecule has 22 heavy (non-hydrogen) atoms. The molecule has 2 amide bonds. The maximum absolute atomic E-state index is 11.6. The smallest absolute Gasteiger partial charge is 0.324 e. The average molecular weight is 396 g/mol. The van der Waals surface area contributed by atoms with Crippen LogP contribution < -0.4 is 16.4 Å². The van der Waals surface area contributed by atoms with Gasteiger partial charge in [-0.3, -0.25) is 14.4 Å². The van der Waals surface area contributed by atoms with Gasteiger partial charge in [0.1, 0.15) is 6.04 Å². The Balaban J connectivity index is 3.82. The SMILES string of the molecule is C[Si](C)(C)CCOC(=O)[C@H](N)CNC(=O)CCNC(=O)CBr. The van der Waals surface area contributed by atoms with E-state index in [0.717, 1.165) is 6.04 Å². The van der Waals surface area contributed by atoms with Gasteiger partial charge in [-0.2, -0.15) is 0 Å². The number of carbonyl (C=O) groups excluding carboxylic acids is 3. The van der Waals surface area contributed by atoms with Gasteiger partial charge in [0, 0.05) is 27.6 Å². The van der Waals surface area contributed by atoms with Crippen LogP contribution in [-0.2, 0) is 19.1 Å². The maximum Gasteiger partial charge on any atom is 0.324 e. The minimum atomic E-state index is -1.25. The molecular weight excluding hydrogens is 370 g/mol. The normalized spacial score (nSPS) is 12.4. The lowest BCUT2D eigenvalue weighted by Crippen LogP contribution is -2.44. The Hall–Kier alpha value is -0.933. The third-order valence-corrected chi connectivity index (χ3v) is 4.93. The highest BCUT2D eigenvalue weighted by Crippen LogP contribution is 2.07. The summed E-state index contributed by atoms with van der Waals surface area (Å²) in [4.78, 5) is 34.1. The number of nitrogens with two attached hydrogens (primary N) is 1. The lowest BCUT2D eigenvalue weighted by atomic mass is 10.3. The van der Waals surface area contributed by atoms with E-state index in [0.29, 0.717) is 6.61 Å². The van der Waals surface area contributed by atoms with Gasteiger partial charge in [-0.15, -0.1) is 0 Å². The van der Waals surface area contributed by atoms with Crippen molar-refractivity contribution in [1.82, 2.24) is 10.6 Å². The molecule has 0 saturated heterocycles. The summed E-state index contributed by atoms with van der Waals surface area (Å²) in [6.07, 6.45) is 0.135. The fourth-order valence-corrected chi connectivity index (χ4v) is 2.24. The Labute approximate surface area is 140 Å². The highest BCUT2D eigenvalue weighted by molar-refractivity contribution is 9.09. The zero-order valence-corrected chi connectivity index (χ0v) is 16.0. The molecule has 4 N–H and O–H groups in total. The van der Waals surface area contributed by atoms with Gasteiger partial charge >= 0.3 is 5.97 Å². The van der Waals surface area contributed by atoms with Crippen molar-refractivity contribution in [1.29, 1.82) is 0 Å². The fraction of sp³-hybridized carbons (Fsp3) is 0.769. The number of alkyl halides is 1. The van der Waals surface area contributed by atoms with E-state index in [1.165, 1.54) is 0 Å². The Morgan fingerprint density at radius 2 is 1.82 bits per heavy atom. The molecule has 0 spiro atoms. The molecule has 0 aromatic heterocycles. The number of esters is 1. The average Bonchev–Trinajstić information content (AvgIpc) is 2.42. The number of nitrogens with one attached hydrogen (secondary N) is 2. The highest BCUT2D eigenvalue weighted by Gasteiger charge is 2.18. The molecule has 0 saturated carbocycles. The van der Waals surface area contributed by atoms with Gasteiger partial charge in [-0.05, 0) is 6.04 Å². The topological polar surface area (TPSA) is 111 Å². The molecule has 128 valence electrons. The van der Waals surface area contributed by atoms with Crippen molar-refractivity contribution in [2.75, 3.05) is 25.0 Å². The van der Waals surface area contributed by atoms with Crippen molar-refractivity contribution in [2.45, 2.75) is 38.1 Å². The largest absolute Gasteiger partial charge is 0.465 e. The summed E-state index contributed by atoms with van der Waals surface area (Å²) in [5.41, 5.74) is 5.66. The van der Waals surface area contributed by atoms with E-state index in [1.807, 2.05) is 0 Å². The summed E-state index contributed by atoms with van der Waals surface area (Å²) < 4.78 is 5.10. The first-order valence-corrected chi connectivity index (χ1v) is 12.0. The standard InChI is InChI=1S/C13H26BrN3O4Si/c1-22(2,3)7-6-21-13(20)10(15)9-17-11(18)4-5-16-12(19)8-14/h10H,4-9,15H2,1-3H3,(H,16,19)(H,17,18)/t10-/m1/s1. The monoisotopic (exact) mass is 395 g/mol. The second-order valence-electron chi connectivity index (χ2n) is 6.12. The fourth-order valence-electron chi connectivity index (χ4n) is 1.32. The van der Waals surface area contributed by atoms with Crippen molar-refractivity contribution >= 4 is 41.8 Å². The van der Waals surface area contributed by atoms with Gasteiger partial charge in [-0.25, -0.2) is 0 Å². The predicted molar refractivity (Wildman–Crippen MR) is 91.5 cm³/mol. The van der Waals surface area contributed by atoms with Crippen LogP contribution in [-0.4, -0.2) is 56.9 Å². The van der Waals surface area contributed by atoms with Gasteiger partial charge < -0.3 is 21.1 Å². The lowest BCUT2D eigenvalue weighted by molar-refractivity contribution is -0.144. The van der Waals surface area contributed by atoms with Crippen LogP contribution in [0.4, 0.5) is 0 Å². The third-order valence-electron chi connectivity index (χ3n) is 2.71. The molecule has 0 heterocycles. The summed E-state index contributed by atoms with van der Waals surface area (Å²) in [5.74, 6) is -0.971. The van der Waals surface area contributed by atoms with Crippen LogP contribution in [0.2, 0.25) is 25.7 Å². The van der Waals surface area contributed by atoms with Crippen LogP contribution in [0, 0.1) is 0 Å². The Kier molecular flexibility index (Phi) is 10.3. The molecule has 0 aliphatic carbocycles. The first-order chi connectivity index (χ1) is 10.2. The minimum absolute atomic E-state index is 0.0248. The summed E-state index contributed by atoms with van der Waals surface area (Å²) in [7, 11) is -1.25. The van der Waals surface area contributed by atoms with E-state index in [-0.39, 0.29) is 36.7 Å². The molecule has 0 radical (unpaired) electrons. The molecule has 0 bridgehead atoms. The first kappa shape index (κ1) is 21.1. The minimum Gasteiger partial charge on any atom is -0.465 e. The molecule has 0 fully saturated rings. The molecule has 1 atom stereocenters. The molecule has 7 nitrogen and oxygen atoms in total. The molecule has 0 rings (SSSR count). The van der Waals surface area contributed by atoms with E-state index < -0.39 is 20.1 Å². The number of ether oxygens (including phenoxy) is 1. The summed E-state index contributed by atoms with van der Waals surface area (Å²) in [5, 5.41) is 5.29. The first-order valence-electron chi connectivity index (χ1n) is 7.17. The van der Waals surface area contributed by atoms with Crippen molar-refractivity contribution in [3.8, 4) is 0 Å². The lowest BCUT2D eigenvalue weighted by Gasteiger charge is -2.17. The number of hydrogen-bond acceptors (Lipinski definition) is 5. The molecular formula is C13H26BrN3O4Si. The Morgan fingerprint density at radius 3 is 2.36 bits per heavy atom. The number of carbonyl (C=O) groups is 3. The Morgan fingerprint density at radius 1 is 1.18 bits per heavy atom. The number of halogens is 1. The van der Waals surface area contributed by atoms with E-state index in [2.05, 4.69) is 46.2 Å². The van der Waals surface area contributed by atoms with E-state index in [4.69, 9.17) is 10.5 Å². The van der Waals surface area contributed by atoms with Crippen molar-refractivity contribution in [2.24, 2.45) is 5.73 Å². The van der Waals surface area contributed by atoms with Gasteiger partial charge in [-0.1, -0.05) is 35.6 Å². The van der Waals surface area contributed by atoms with Crippen molar-refractivity contribution < 1.29 is 19.1 Å². The zero-order chi connectivity index (χ0) is 17.2. The van der Waals surface area contributed by atoms with Gasteiger partial charge in [0.2, 0.25) is 11.8 Å². The predicted octanol–water partition coefficient (Wildman–Crippen LogP) is 0.213. The second-order valence-corrected chi connectivity index (χ2v) is 12.3. The number of rotatable bonds is 10. The van der Waals surface area contributed by atoms with Crippen molar-refractivity contribution in [3.05, 3.63) is 0 Å². The van der Waals surface area contributed by atoms with Gasteiger partial charge in [0.05, 0.1) is 11.9 Å². The van der Waals surface area contributed by atoms with Crippen LogP contribution in [0.1, 0.15) is 6.42 Å². The van der Waals surface area contributed by atoms with Crippen LogP contribution >= 0.6 is 15.9 Å². The maximum atomic E-state index is 11.6. The van der Waals surface area contributed by atoms with Gasteiger partial charge in [0.15, 0.2) is 0 Å². The summed E-state index contributed by atoms with van der Waals surface area (Å²) >= 11 is 3.00. The van der Waals surface area contributed by atoms with Crippen LogP contribution in [0.25, 0.3) is 0 Å². The van der Waals surface area contributed by atoms with Crippen molar-refractivity contribution in [3.63, 3.8) is 0 Å². The number of hydrogen-bond donors (Lipinski definition) is 3. The highest BCUT2D eigenvalue weighted by atomic mass is 79.9.